The highest BCUT2D eigenvalue weighted by Gasteiger charge is 2.13. The summed E-state index contributed by atoms with van der Waals surface area (Å²) in [7, 11) is 0. The molecule has 1 aromatic carbocycles. The predicted octanol–water partition coefficient (Wildman–Crippen LogP) is 4.43. The smallest absolute Gasteiger partial charge is 0.360 e. The summed E-state index contributed by atoms with van der Waals surface area (Å²) < 4.78 is 8.96. The molecule has 0 saturated heterocycles. The van der Waals surface area contributed by atoms with Crippen LogP contribution in [0.1, 0.15) is 22.5 Å². The first-order chi connectivity index (χ1) is 13.2. The number of carbonyl (C=O) groups is 1. The van der Waals surface area contributed by atoms with Gasteiger partial charge in [0.25, 0.3) is 0 Å². The molecule has 8 heteroatoms. The van der Waals surface area contributed by atoms with Gasteiger partial charge in [-0.15, -0.1) is 16.4 Å². The van der Waals surface area contributed by atoms with Crippen molar-refractivity contribution in [3.8, 4) is 5.69 Å². The van der Waals surface area contributed by atoms with Crippen LogP contribution < -0.4 is 0 Å². The molecule has 0 saturated carbocycles. The monoisotopic (exact) mass is 442 g/mol. The molecular weight excluding hydrogens is 428 g/mol. The highest BCUT2D eigenvalue weighted by atomic mass is 79.9. The van der Waals surface area contributed by atoms with Gasteiger partial charge in [0, 0.05) is 10.7 Å². The van der Waals surface area contributed by atoms with Crippen molar-refractivity contribution in [1.82, 2.24) is 20.0 Å². The van der Waals surface area contributed by atoms with Crippen LogP contribution in [0.2, 0.25) is 0 Å². The lowest BCUT2D eigenvalue weighted by atomic mass is 10.1. The molecule has 0 N–H and O–H groups in total. The molecule has 0 spiro atoms. The number of hydrogen-bond acceptors (Lipinski definition) is 6. The Morgan fingerprint density at radius 1 is 1.26 bits per heavy atom. The van der Waals surface area contributed by atoms with E-state index < -0.39 is 5.97 Å². The first-order valence-electron chi connectivity index (χ1n) is 8.36. The van der Waals surface area contributed by atoms with Gasteiger partial charge in [-0.3, -0.25) is 4.98 Å². The molecular formula is C19H15BrN4O2S. The van der Waals surface area contributed by atoms with Crippen LogP contribution in [-0.4, -0.2) is 32.6 Å². The van der Waals surface area contributed by atoms with E-state index in [0.717, 1.165) is 34.1 Å². The molecule has 0 unspecified atom stereocenters. The Hall–Kier alpha value is -2.58. The fourth-order valence-corrected chi connectivity index (χ4v) is 3.83. The summed E-state index contributed by atoms with van der Waals surface area (Å²) in [5.74, 6) is -0.469. The van der Waals surface area contributed by atoms with Crippen molar-refractivity contribution in [1.29, 1.82) is 0 Å². The first-order valence-corrected chi connectivity index (χ1v) is 10.0. The topological polar surface area (TPSA) is 69.9 Å². The number of benzene rings is 1. The third-order valence-corrected chi connectivity index (χ3v) is 5.32. The van der Waals surface area contributed by atoms with Crippen molar-refractivity contribution < 1.29 is 9.53 Å². The van der Waals surface area contributed by atoms with E-state index in [0.29, 0.717) is 6.61 Å². The maximum absolute atomic E-state index is 12.1. The van der Waals surface area contributed by atoms with Gasteiger partial charge >= 0.3 is 5.97 Å². The van der Waals surface area contributed by atoms with Gasteiger partial charge in [0.15, 0.2) is 5.69 Å². The molecule has 0 radical (unpaired) electrons. The van der Waals surface area contributed by atoms with Crippen molar-refractivity contribution in [2.75, 3.05) is 6.61 Å². The number of halogens is 1. The molecule has 0 aliphatic heterocycles. The van der Waals surface area contributed by atoms with E-state index in [-0.39, 0.29) is 5.69 Å². The SMILES string of the molecule is O=C(OCCCc1cnc2ccsc2c1)c1cn(-c2cccc(Br)c2)nn1. The fourth-order valence-electron chi connectivity index (χ4n) is 2.64. The number of esters is 1. The molecule has 0 fully saturated rings. The molecule has 0 aliphatic carbocycles. The number of thiophene rings is 1. The van der Waals surface area contributed by atoms with E-state index in [9.17, 15) is 4.79 Å². The lowest BCUT2D eigenvalue weighted by Crippen LogP contribution is -2.07. The zero-order chi connectivity index (χ0) is 18.6. The summed E-state index contributed by atoms with van der Waals surface area (Å²) in [6.07, 6.45) is 4.97. The molecule has 4 aromatic rings. The highest BCUT2D eigenvalue weighted by molar-refractivity contribution is 9.10. The number of rotatable bonds is 6. The quantitative estimate of drug-likeness (QED) is 0.326. The Kier molecular flexibility index (Phi) is 5.26. The predicted molar refractivity (Wildman–Crippen MR) is 107 cm³/mol. The zero-order valence-electron chi connectivity index (χ0n) is 14.2. The van der Waals surface area contributed by atoms with E-state index in [2.05, 4.69) is 37.3 Å². The summed E-state index contributed by atoms with van der Waals surface area (Å²) >= 11 is 5.09. The molecule has 0 bridgehead atoms. The van der Waals surface area contributed by atoms with E-state index >= 15 is 0 Å². The van der Waals surface area contributed by atoms with Gasteiger partial charge in [-0.05, 0) is 54.1 Å². The summed E-state index contributed by atoms with van der Waals surface area (Å²) in [4.78, 5) is 16.6. The first kappa shape index (κ1) is 17.8. The van der Waals surface area contributed by atoms with Crippen molar-refractivity contribution in [2.24, 2.45) is 0 Å². The van der Waals surface area contributed by atoms with Gasteiger partial charge in [0.05, 0.1) is 28.7 Å². The number of pyridine rings is 1. The minimum Gasteiger partial charge on any atom is -0.461 e. The van der Waals surface area contributed by atoms with Crippen LogP contribution in [0.15, 0.2) is 58.6 Å². The van der Waals surface area contributed by atoms with Crippen molar-refractivity contribution in [3.05, 3.63) is 69.9 Å². The molecule has 0 amide bonds. The summed E-state index contributed by atoms with van der Waals surface area (Å²) in [5.41, 5.74) is 3.16. The zero-order valence-corrected chi connectivity index (χ0v) is 16.6. The Labute approximate surface area is 167 Å². The number of nitrogens with zero attached hydrogens (tertiary/aromatic N) is 4. The summed E-state index contributed by atoms with van der Waals surface area (Å²) in [5, 5.41) is 9.92. The van der Waals surface area contributed by atoms with E-state index in [4.69, 9.17) is 4.74 Å². The van der Waals surface area contributed by atoms with Gasteiger partial charge in [-0.1, -0.05) is 27.2 Å². The minimum absolute atomic E-state index is 0.191. The van der Waals surface area contributed by atoms with Crippen molar-refractivity contribution >= 4 is 43.5 Å². The average molecular weight is 443 g/mol. The maximum atomic E-state index is 12.1. The Morgan fingerprint density at radius 2 is 2.19 bits per heavy atom. The number of ether oxygens (including phenoxy) is 1. The van der Waals surface area contributed by atoms with Gasteiger partial charge in [-0.25, -0.2) is 9.48 Å². The summed E-state index contributed by atoms with van der Waals surface area (Å²) in [6.45, 7) is 0.324. The van der Waals surface area contributed by atoms with E-state index in [1.165, 1.54) is 4.70 Å². The van der Waals surface area contributed by atoms with Crippen LogP contribution in [0.5, 0.6) is 0 Å². The molecule has 6 nitrogen and oxygen atoms in total. The van der Waals surface area contributed by atoms with Crippen LogP contribution in [0.25, 0.3) is 15.9 Å². The second-order valence-corrected chi connectivity index (χ2v) is 7.78. The normalized spacial score (nSPS) is 11.0. The standard InChI is InChI=1S/C19H15BrN4O2S/c20-14-4-1-5-15(10-14)24-12-17(22-23-24)19(25)26-7-2-3-13-9-18-16(21-11-13)6-8-27-18/h1,4-6,8-12H,2-3,7H2. The number of fused-ring (bicyclic) bond motifs is 1. The van der Waals surface area contributed by atoms with E-state index in [1.807, 2.05) is 41.9 Å². The molecule has 0 atom stereocenters. The Morgan fingerprint density at radius 3 is 3.07 bits per heavy atom. The van der Waals surface area contributed by atoms with Crippen LogP contribution in [0.4, 0.5) is 0 Å². The van der Waals surface area contributed by atoms with Crippen LogP contribution in [-0.2, 0) is 11.2 Å². The van der Waals surface area contributed by atoms with Crippen molar-refractivity contribution in [2.45, 2.75) is 12.8 Å². The Bertz CT molecular complexity index is 1090. The third-order valence-electron chi connectivity index (χ3n) is 3.98. The average Bonchev–Trinajstić information content (AvgIpc) is 3.34. The second-order valence-electron chi connectivity index (χ2n) is 5.92. The Balaban J connectivity index is 1.30. The van der Waals surface area contributed by atoms with Gasteiger partial charge in [-0.2, -0.15) is 0 Å². The van der Waals surface area contributed by atoms with Gasteiger partial charge in [0.1, 0.15) is 0 Å². The van der Waals surface area contributed by atoms with Gasteiger partial charge in [0.2, 0.25) is 0 Å². The van der Waals surface area contributed by atoms with Crippen LogP contribution in [0.3, 0.4) is 0 Å². The van der Waals surface area contributed by atoms with E-state index in [1.54, 1.807) is 22.2 Å². The second kappa shape index (κ2) is 7.98. The highest BCUT2D eigenvalue weighted by Crippen LogP contribution is 2.20. The van der Waals surface area contributed by atoms with Crippen LogP contribution in [0, 0.1) is 0 Å². The molecule has 27 heavy (non-hydrogen) atoms. The molecule has 3 heterocycles. The summed E-state index contributed by atoms with van der Waals surface area (Å²) in [6, 6.07) is 11.7. The number of aryl methyl sites for hydroxylation is 1. The fraction of sp³-hybridized carbons (Fsp3) is 0.158. The third kappa shape index (κ3) is 4.23. The molecule has 0 aliphatic rings. The van der Waals surface area contributed by atoms with Crippen molar-refractivity contribution in [3.63, 3.8) is 0 Å². The lowest BCUT2D eigenvalue weighted by molar-refractivity contribution is 0.0493. The maximum Gasteiger partial charge on any atom is 0.360 e. The molecule has 3 aromatic heterocycles. The number of hydrogen-bond donors (Lipinski definition) is 0. The minimum atomic E-state index is -0.469. The van der Waals surface area contributed by atoms with Crippen LogP contribution >= 0.6 is 27.3 Å². The largest absolute Gasteiger partial charge is 0.461 e. The molecule has 136 valence electrons. The van der Waals surface area contributed by atoms with Gasteiger partial charge < -0.3 is 4.74 Å². The molecule has 4 rings (SSSR count). The lowest BCUT2D eigenvalue weighted by Gasteiger charge is -2.03. The number of carbonyl (C=O) groups excluding carboxylic acids is 1. The number of aromatic nitrogens is 4.